The molecule has 0 radical (unpaired) electrons. The Bertz CT molecular complexity index is 3220. The molecule has 0 saturated heterocycles. The van der Waals surface area contributed by atoms with Crippen molar-refractivity contribution in [1.82, 2.24) is 15.0 Å². The summed E-state index contributed by atoms with van der Waals surface area (Å²) in [5.74, 6) is 0.659. The van der Waals surface area contributed by atoms with Crippen LogP contribution in [-0.4, -0.2) is 15.0 Å². The van der Waals surface area contributed by atoms with Crippen LogP contribution in [0.25, 0.3) is 111 Å². The third-order valence-corrected chi connectivity index (χ3v) is 11.5. The number of benzene rings is 9. The molecule has 0 fully saturated rings. The van der Waals surface area contributed by atoms with Gasteiger partial charge in [-0.25, -0.2) is 15.0 Å². The first-order chi connectivity index (χ1) is 29.7. The Kier molecular flexibility index (Phi) is 8.83. The van der Waals surface area contributed by atoms with Crippen LogP contribution >= 0.6 is 0 Å². The van der Waals surface area contributed by atoms with Gasteiger partial charge in [-0.15, -0.1) is 0 Å². The fraction of sp³-hybridized carbons (Fsp3) is 0. The Balaban J connectivity index is 1.06. The second kappa shape index (κ2) is 15.1. The third kappa shape index (κ3) is 6.58. The minimum absolute atomic E-state index is 0.659. The highest BCUT2D eigenvalue weighted by Crippen LogP contribution is 2.40. The van der Waals surface area contributed by atoms with Crippen LogP contribution in [0.5, 0.6) is 0 Å². The topological polar surface area (TPSA) is 38.7 Å². The van der Waals surface area contributed by atoms with Gasteiger partial charge < -0.3 is 0 Å². The zero-order chi connectivity index (χ0) is 39.8. The minimum atomic E-state index is 0.659. The molecule has 9 aromatic carbocycles. The smallest absolute Gasteiger partial charge is 0.160 e. The number of aromatic nitrogens is 3. The van der Waals surface area contributed by atoms with Gasteiger partial charge in [0.1, 0.15) is 0 Å². The summed E-state index contributed by atoms with van der Waals surface area (Å²) < 4.78 is 0. The molecule has 3 heteroatoms. The van der Waals surface area contributed by atoms with E-state index >= 15 is 0 Å². The van der Waals surface area contributed by atoms with Crippen LogP contribution in [0.2, 0.25) is 0 Å². The van der Waals surface area contributed by atoms with Gasteiger partial charge in [-0.05, 0) is 68.4 Å². The lowest BCUT2D eigenvalue weighted by atomic mass is 9.93. The van der Waals surface area contributed by atoms with Crippen LogP contribution in [0.3, 0.4) is 0 Å². The van der Waals surface area contributed by atoms with E-state index in [-0.39, 0.29) is 0 Å². The lowest BCUT2D eigenvalue weighted by Crippen LogP contribution is -1.97. The van der Waals surface area contributed by atoms with Crippen LogP contribution in [0.15, 0.2) is 224 Å². The van der Waals surface area contributed by atoms with Gasteiger partial charge in [0, 0.05) is 38.4 Å². The second-order valence-corrected chi connectivity index (χ2v) is 15.2. The highest BCUT2D eigenvalue weighted by Gasteiger charge is 2.17. The molecule has 0 N–H and O–H groups in total. The summed E-state index contributed by atoms with van der Waals surface area (Å²) in [5, 5.41) is 5.86. The van der Waals surface area contributed by atoms with Crippen molar-refractivity contribution >= 4 is 32.4 Å². The lowest BCUT2D eigenvalue weighted by Gasteiger charge is -2.15. The second-order valence-electron chi connectivity index (χ2n) is 15.2. The third-order valence-electron chi connectivity index (χ3n) is 11.5. The van der Waals surface area contributed by atoms with E-state index in [4.69, 9.17) is 15.0 Å². The van der Waals surface area contributed by atoms with Crippen molar-refractivity contribution in [1.29, 1.82) is 0 Å². The first-order valence-electron chi connectivity index (χ1n) is 20.3. The molecular weight excluding hydrogens is 727 g/mol. The number of pyridine rings is 1. The van der Waals surface area contributed by atoms with E-state index < -0.39 is 0 Å². The fourth-order valence-electron chi connectivity index (χ4n) is 8.41. The average molecular weight is 764 g/mol. The van der Waals surface area contributed by atoms with Crippen molar-refractivity contribution in [2.45, 2.75) is 0 Å². The van der Waals surface area contributed by atoms with Crippen molar-refractivity contribution in [2.24, 2.45) is 0 Å². The van der Waals surface area contributed by atoms with Crippen LogP contribution in [0, 0.1) is 0 Å². The summed E-state index contributed by atoms with van der Waals surface area (Å²) in [4.78, 5) is 15.9. The molecule has 0 aliphatic heterocycles. The van der Waals surface area contributed by atoms with Gasteiger partial charge in [-0.1, -0.05) is 200 Å². The number of nitrogens with zero attached hydrogens (tertiary/aromatic N) is 3. The van der Waals surface area contributed by atoms with Crippen molar-refractivity contribution < 1.29 is 0 Å². The van der Waals surface area contributed by atoms with Gasteiger partial charge in [-0.2, -0.15) is 0 Å². The summed E-state index contributed by atoms with van der Waals surface area (Å²) >= 11 is 0. The van der Waals surface area contributed by atoms with Gasteiger partial charge in [0.25, 0.3) is 0 Å². The molecule has 0 spiro atoms. The first kappa shape index (κ1) is 35.2. The average Bonchev–Trinajstić information content (AvgIpc) is 3.34. The van der Waals surface area contributed by atoms with Gasteiger partial charge in [0.05, 0.1) is 22.6 Å². The highest BCUT2D eigenvalue weighted by molar-refractivity contribution is 6.22. The Hall–Kier alpha value is -8.01. The summed E-state index contributed by atoms with van der Waals surface area (Å²) in [6.07, 6.45) is 0. The maximum absolute atomic E-state index is 5.41. The molecule has 0 aliphatic carbocycles. The first-order valence-corrected chi connectivity index (χ1v) is 20.3. The summed E-state index contributed by atoms with van der Waals surface area (Å²) in [7, 11) is 0. The van der Waals surface area contributed by atoms with Crippen LogP contribution in [0.4, 0.5) is 0 Å². The molecule has 3 nitrogen and oxygen atoms in total. The van der Waals surface area contributed by atoms with Gasteiger partial charge >= 0.3 is 0 Å². The Labute approximate surface area is 349 Å². The minimum Gasteiger partial charge on any atom is -0.247 e. The van der Waals surface area contributed by atoms with Crippen molar-refractivity contribution in [3.63, 3.8) is 0 Å². The highest BCUT2D eigenvalue weighted by atomic mass is 14.9. The predicted octanol–water partition coefficient (Wildman–Crippen LogP) is 15.0. The van der Waals surface area contributed by atoms with Crippen molar-refractivity contribution in [3.05, 3.63) is 224 Å². The van der Waals surface area contributed by atoms with Gasteiger partial charge in [-0.3, -0.25) is 0 Å². The monoisotopic (exact) mass is 763 g/mol. The fourth-order valence-corrected chi connectivity index (χ4v) is 8.41. The van der Waals surface area contributed by atoms with E-state index in [0.717, 1.165) is 66.8 Å². The van der Waals surface area contributed by atoms with Gasteiger partial charge in [0.15, 0.2) is 5.82 Å². The van der Waals surface area contributed by atoms with Crippen LogP contribution < -0.4 is 0 Å². The van der Waals surface area contributed by atoms with Crippen molar-refractivity contribution in [3.8, 4) is 78.5 Å². The maximum atomic E-state index is 5.41. The summed E-state index contributed by atoms with van der Waals surface area (Å²) in [6, 6.07) is 79.2. The zero-order valence-electron chi connectivity index (χ0n) is 32.7. The molecule has 2 heterocycles. The van der Waals surface area contributed by atoms with E-state index in [1.807, 2.05) is 12.1 Å². The summed E-state index contributed by atoms with van der Waals surface area (Å²) in [6.45, 7) is 0. The normalized spacial score (nSPS) is 11.3. The summed E-state index contributed by atoms with van der Waals surface area (Å²) in [5.41, 5.74) is 14.7. The lowest BCUT2D eigenvalue weighted by molar-refractivity contribution is 1.18. The van der Waals surface area contributed by atoms with E-state index in [9.17, 15) is 0 Å². The predicted molar refractivity (Wildman–Crippen MR) is 250 cm³/mol. The van der Waals surface area contributed by atoms with Crippen LogP contribution in [-0.2, 0) is 0 Å². The molecule has 0 aliphatic rings. The zero-order valence-corrected chi connectivity index (χ0v) is 32.7. The molecule has 0 atom stereocenters. The standard InChI is InChI=1S/C57H37N3/c1-4-13-38(14-5-1)41-23-27-44(28-24-41)53-37-54(45-29-25-42(26-30-45)39-15-6-2-7-16-39)60-57(59-53)48-21-12-20-47(35-48)56-50-33-31-43-19-10-11-22-49(43)55(50)51-36-46(32-34-52(51)58-56)40-17-8-3-9-18-40/h1-37H. The van der Waals surface area contributed by atoms with E-state index in [1.54, 1.807) is 0 Å². The quantitative estimate of drug-likeness (QED) is 0.152. The Morgan fingerprint density at radius 2 is 0.733 bits per heavy atom. The molecule has 280 valence electrons. The molecule has 11 rings (SSSR count). The van der Waals surface area contributed by atoms with E-state index in [2.05, 4.69) is 212 Å². The number of fused-ring (bicyclic) bond motifs is 5. The number of hydrogen-bond acceptors (Lipinski definition) is 3. The molecular formula is C57H37N3. The molecule has 2 aromatic heterocycles. The molecule has 0 bridgehead atoms. The van der Waals surface area contributed by atoms with Crippen LogP contribution in [0.1, 0.15) is 0 Å². The molecule has 60 heavy (non-hydrogen) atoms. The van der Waals surface area contributed by atoms with Crippen molar-refractivity contribution in [2.75, 3.05) is 0 Å². The van der Waals surface area contributed by atoms with Gasteiger partial charge in [0.2, 0.25) is 0 Å². The molecule has 0 unspecified atom stereocenters. The number of rotatable bonds is 7. The largest absolute Gasteiger partial charge is 0.247 e. The molecule has 0 amide bonds. The Morgan fingerprint density at radius 1 is 0.250 bits per heavy atom. The van der Waals surface area contributed by atoms with E-state index in [1.165, 1.54) is 38.4 Å². The molecule has 0 saturated carbocycles. The maximum Gasteiger partial charge on any atom is 0.160 e. The van der Waals surface area contributed by atoms with E-state index in [0.29, 0.717) is 5.82 Å². The Morgan fingerprint density at radius 3 is 1.35 bits per heavy atom. The molecule has 11 aromatic rings. The number of hydrogen-bond donors (Lipinski definition) is 0. The SMILES string of the molecule is c1ccc(-c2ccc(-c3cc(-c4ccc(-c5ccccc5)cc4)nc(-c4cccc(-c5nc6ccc(-c7ccccc7)cc6c6c5ccc5ccccc56)c4)n3)cc2)cc1.